The summed E-state index contributed by atoms with van der Waals surface area (Å²) in [4.78, 5) is 29.5. The molecule has 0 spiro atoms. The fourth-order valence-corrected chi connectivity index (χ4v) is 6.98. The second-order valence-electron chi connectivity index (χ2n) is 9.56. The molecule has 6 atom stereocenters. The Morgan fingerprint density at radius 3 is 2.77 bits per heavy atom. The van der Waals surface area contributed by atoms with Crippen LogP contribution in [0.15, 0.2) is 30.4 Å². The van der Waals surface area contributed by atoms with Crippen LogP contribution < -0.4 is 0 Å². The normalized spacial score (nSPS) is 44.9. The number of hydrogen-bond donors (Lipinski definition) is 0. The monoisotopic (exact) mass is 352 g/mol. The molecule has 6 unspecified atom stereocenters. The van der Waals surface area contributed by atoms with Crippen LogP contribution in [-0.4, -0.2) is 21.1 Å². The number of nitrogens with zero attached hydrogens (tertiary/aromatic N) is 2. The Balaban J connectivity index is 1.50. The van der Waals surface area contributed by atoms with Gasteiger partial charge in [-0.3, -0.25) is 9.59 Å². The number of Topliss-reactive ketones (excluding diaryl/α,β-unsaturated/α-hetero) is 2. The molecule has 1 aromatic heterocycles. The van der Waals surface area contributed by atoms with Gasteiger partial charge in [-0.1, -0.05) is 25.5 Å². The van der Waals surface area contributed by atoms with Gasteiger partial charge >= 0.3 is 0 Å². The first kappa shape index (κ1) is 16.5. The van der Waals surface area contributed by atoms with Crippen LogP contribution in [-0.2, 0) is 9.59 Å². The first-order valence-corrected chi connectivity index (χ1v) is 10.2. The second-order valence-corrected chi connectivity index (χ2v) is 9.56. The Labute approximate surface area is 155 Å². The largest absolute Gasteiger partial charge is 0.327 e. The maximum absolute atomic E-state index is 13.3. The van der Waals surface area contributed by atoms with E-state index in [0.29, 0.717) is 35.7 Å². The minimum absolute atomic E-state index is 0.0441. The van der Waals surface area contributed by atoms with Gasteiger partial charge in [-0.25, -0.2) is 4.98 Å². The van der Waals surface area contributed by atoms with Crippen molar-refractivity contribution in [3.05, 3.63) is 30.4 Å². The molecule has 4 aliphatic carbocycles. The highest BCUT2D eigenvalue weighted by atomic mass is 16.1. The van der Waals surface area contributed by atoms with Crippen molar-refractivity contribution in [2.75, 3.05) is 0 Å². The van der Waals surface area contributed by atoms with Crippen LogP contribution in [0.4, 0.5) is 0 Å². The van der Waals surface area contributed by atoms with Gasteiger partial charge in [-0.2, -0.15) is 0 Å². The van der Waals surface area contributed by atoms with Gasteiger partial charge in [0, 0.05) is 30.7 Å². The Kier molecular flexibility index (Phi) is 3.42. The summed E-state index contributed by atoms with van der Waals surface area (Å²) in [7, 11) is 0. The minimum Gasteiger partial charge on any atom is -0.327 e. The van der Waals surface area contributed by atoms with E-state index >= 15 is 0 Å². The molecule has 1 heterocycles. The van der Waals surface area contributed by atoms with Crippen molar-refractivity contribution in [1.82, 2.24) is 9.55 Å². The van der Waals surface area contributed by atoms with E-state index in [1.54, 1.807) is 12.5 Å². The van der Waals surface area contributed by atoms with Crippen molar-refractivity contribution in [3.8, 4) is 0 Å². The van der Waals surface area contributed by atoms with Gasteiger partial charge in [0.15, 0.2) is 5.78 Å². The molecule has 26 heavy (non-hydrogen) atoms. The van der Waals surface area contributed by atoms with Crippen molar-refractivity contribution in [2.45, 2.75) is 64.8 Å². The van der Waals surface area contributed by atoms with Gasteiger partial charge in [0.2, 0.25) is 0 Å². The number of carbonyl (C=O) groups excluding carboxylic acids is 2. The van der Waals surface area contributed by atoms with Crippen LogP contribution in [0.3, 0.4) is 0 Å². The van der Waals surface area contributed by atoms with Crippen LogP contribution in [0.2, 0.25) is 0 Å². The molecule has 4 heteroatoms. The van der Waals surface area contributed by atoms with Gasteiger partial charge in [-0.05, 0) is 55.3 Å². The Bertz CT molecular complexity index is 795. The highest BCUT2D eigenvalue weighted by molar-refractivity contribution is 5.91. The molecule has 4 nitrogen and oxygen atoms in total. The van der Waals surface area contributed by atoms with Crippen LogP contribution in [0.25, 0.3) is 0 Å². The lowest BCUT2D eigenvalue weighted by molar-refractivity contribution is -0.134. The molecule has 138 valence electrons. The van der Waals surface area contributed by atoms with E-state index < -0.39 is 0 Å². The van der Waals surface area contributed by atoms with Crippen LogP contribution >= 0.6 is 0 Å². The lowest BCUT2D eigenvalue weighted by atomic mass is 9.48. The van der Waals surface area contributed by atoms with E-state index in [1.165, 1.54) is 5.57 Å². The zero-order valence-electron chi connectivity index (χ0n) is 15.8. The van der Waals surface area contributed by atoms with Crippen LogP contribution in [0.5, 0.6) is 0 Å². The molecule has 1 aromatic rings. The summed E-state index contributed by atoms with van der Waals surface area (Å²) in [6, 6.07) is -0.0441. The third-order valence-corrected chi connectivity index (χ3v) is 8.55. The minimum atomic E-state index is -0.192. The predicted octanol–water partition coefficient (Wildman–Crippen LogP) is 4.14. The topological polar surface area (TPSA) is 52.0 Å². The summed E-state index contributed by atoms with van der Waals surface area (Å²) >= 11 is 0. The summed E-state index contributed by atoms with van der Waals surface area (Å²) in [6.07, 6.45) is 14.4. The van der Waals surface area contributed by atoms with Gasteiger partial charge in [0.25, 0.3) is 0 Å². The molecule has 4 aliphatic rings. The van der Waals surface area contributed by atoms with E-state index in [4.69, 9.17) is 0 Å². The number of ketones is 2. The number of imidazole rings is 1. The first-order chi connectivity index (χ1) is 12.4. The van der Waals surface area contributed by atoms with Crippen LogP contribution in [0.1, 0.15) is 64.8 Å². The van der Waals surface area contributed by atoms with E-state index in [0.717, 1.165) is 38.5 Å². The molecule has 0 aliphatic heterocycles. The Hall–Kier alpha value is -1.71. The van der Waals surface area contributed by atoms with Gasteiger partial charge in [0.05, 0.1) is 12.4 Å². The summed E-state index contributed by atoms with van der Waals surface area (Å²) < 4.78 is 2.02. The molecule has 0 aromatic carbocycles. The van der Waals surface area contributed by atoms with E-state index in [9.17, 15) is 9.59 Å². The van der Waals surface area contributed by atoms with Gasteiger partial charge in [-0.15, -0.1) is 0 Å². The van der Waals surface area contributed by atoms with Crippen molar-refractivity contribution in [2.24, 2.45) is 28.6 Å². The molecule has 0 bridgehead atoms. The molecule has 0 radical (unpaired) electrons. The lowest BCUT2D eigenvalue weighted by Crippen LogP contribution is -2.50. The molecule has 3 fully saturated rings. The highest BCUT2D eigenvalue weighted by Gasteiger charge is 2.61. The summed E-state index contributed by atoms with van der Waals surface area (Å²) in [5.74, 6) is 2.48. The van der Waals surface area contributed by atoms with Crippen molar-refractivity contribution < 1.29 is 9.59 Å². The predicted molar refractivity (Wildman–Crippen MR) is 98.4 cm³/mol. The summed E-state index contributed by atoms with van der Waals surface area (Å²) in [5, 5.41) is 0. The first-order valence-electron chi connectivity index (χ1n) is 10.2. The highest BCUT2D eigenvalue weighted by Crippen LogP contribution is 2.64. The number of fused-ring (bicyclic) bond motifs is 5. The quantitative estimate of drug-likeness (QED) is 0.714. The third kappa shape index (κ3) is 2.04. The number of aromatic nitrogens is 2. The SMILES string of the molecule is CC12CCC3C(CC=C4CC(=O)CCC43C)C1CC(n1ccnc1)C2=O. The summed E-state index contributed by atoms with van der Waals surface area (Å²) in [6.45, 7) is 4.62. The fourth-order valence-electron chi connectivity index (χ4n) is 6.98. The van der Waals surface area contributed by atoms with Crippen LogP contribution in [0, 0.1) is 28.6 Å². The van der Waals surface area contributed by atoms with E-state index in [1.807, 2.05) is 10.8 Å². The number of rotatable bonds is 1. The zero-order chi connectivity index (χ0) is 18.1. The molecular formula is C22H28N2O2. The van der Waals surface area contributed by atoms with Gasteiger partial charge < -0.3 is 4.57 Å². The van der Waals surface area contributed by atoms with E-state index in [2.05, 4.69) is 24.9 Å². The molecule has 3 saturated carbocycles. The molecule has 0 N–H and O–H groups in total. The second kappa shape index (κ2) is 5.40. The molecular weight excluding hydrogens is 324 g/mol. The Morgan fingerprint density at radius 2 is 2.00 bits per heavy atom. The van der Waals surface area contributed by atoms with Gasteiger partial charge in [0.1, 0.15) is 5.78 Å². The standard InChI is InChI=1S/C22H28N2O2/c1-21-7-5-15(25)11-14(21)3-4-16-17(21)6-8-22(2)18(16)12-19(20(22)26)24-10-9-23-13-24/h3,9-10,13,16-19H,4-8,11-12H2,1-2H3. The van der Waals surface area contributed by atoms with Crippen molar-refractivity contribution in [3.63, 3.8) is 0 Å². The van der Waals surface area contributed by atoms with Crippen molar-refractivity contribution >= 4 is 11.6 Å². The maximum Gasteiger partial charge on any atom is 0.161 e. The fraction of sp³-hybridized carbons (Fsp3) is 0.682. The molecule has 0 saturated heterocycles. The maximum atomic E-state index is 13.3. The average Bonchev–Trinajstić information content (AvgIpc) is 3.23. The zero-order valence-corrected chi connectivity index (χ0v) is 15.8. The Morgan fingerprint density at radius 1 is 1.15 bits per heavy atom. The van der Waals surface area contributed by atoms with E-state index in [-0.39, 0.29) is 16.9 Å². The summed E-state index contributed by atoms with van der Waals surface area (Å²) in [5.41, 5.74) is 1.38. The lowest BCUT2D eigenvalue weighted by Gasteiger charge is -2.56. The number of hydrogen-bond acceptors (Lipinski definition) is 3. The molecule has 5 rings (SSSR count). The van der Waals surface area contributed by atoms with Crippen molar-refractivity contribution in [1.29, 1.82) is 0 Å². The molecule has 0 amide bonds. The third-order valence-electron chi connectivity index (χ3n) is 8.55. The average molecular weight is 352 g/mol. The smallest absolute Gasteiger partial charge is 0.161 e. The number of carbonyl (C=O) groups is 2. The number of allylic oxidation sites excluding steroid dienone is 2.